The maximum atomic E-state index is 6.49. The highest BCUT2D eigenvalue weighted by molar-refractivity contribution is 6.12. The predicted molar refractivity (Wildman–Crippen MR) is 212 cm³/mol. The van der Waals surface area contributed by atoms with Gasteiger partial charge < -0.3 is 8.83 Å². The van der Waals surface area contributed by atoms with Crippen LogP contribution in [0.4, 0.5) is 0 Å². The van der Waals surface area contributed by atoms with E-state index in [1.165, 1.54) is 0 Å². The minimum atomic E-state index is 0.772. The first-order valence-electron chi connectivity index (χ1n) is 17.0. The molecule has 1 aliphatic rings. The summed E-state index contributed by atoms with van der Waals surface area (Å²) in [7, 11) is 0. The molecule has 0 aliphatic heterocycles. The molecule has 0 fully saturated rings. The fourth-order valence-corrected chi connectivity index (χ4v) is 6.91. The van der Waals surface area contributed by atoms with Gasteiger partial charge in [-0.25, -0.2) is 0 Å². The molecule has 2 aromatic heterocycles. The van der Waals surface area contributed by atoms with E-state index in [4.69, 9.17) is 15.4 Å². The molecule has 0 saturated carbocycles. The molecule has 5 aromatic carbocycles. The van der Waals surface area contributed by atoms with Crippen molar-refractivity contribution in [2.75, 3.05) is 0 Å². The summed E-state index contributed by atoms with van der Waals surface area (Å²) in [6.07, 6.45) is 14.8. The quantitative estimate of drug-likeness (QED) is 0.161. The minimum Gasteiger partial charge on any atom is -0.456 e. The third-order valence-electron chi connectivity index (χ3n) is 9.44. The first-order chi connectivity index (χ1) is 24.6. The zero-order valence-corrected chi connectivity index (χ0v) is 27.9. The molecule has 0 radical (unpaired) electrons. The van der Waals surface area contributed by atoms with Crippen molar-refractivity contribution < 1.29 is 8.83 Å². The van der Waals surface area contributed by atoms with E-state index in [0.717, 1.165) is 107 Å². The number of furan rings is 2. The Morgan fingerprint density at radius 3 is 2.02 bits per heavy atom. The average molecular weight is 645 g/mol. The van der Waals surface area contributed by atoms with E-state index >= 15 is 0 Å². The first kappa shape index (κ1) is 30.9. The fraction of sp³-hybridized carbons (Fsp3) is 0.0417. The maximum Gasteiger partial charge on any atom is 0.136 e. The lowest BCUT2D eigenvalue weighted by molar-refractivity contribution is 0.630. The summed E-state index contributed by atoms with van der Waals surface area (Å²) >= 11 is 0. The summed E-state index contributed by atoms with van der Waals surface area (Å²) in [5, 5.41) is 5.33. The van der Waals surface area contributed by atoms with E-state index in [9.17, 15) is 0 Å². The van der Waals surface area contributed by atoms with Gasteiger partial charge >= 0.3 is 0 Å². The van der Waals surface area contributed by atoms with Gasteiger partial charge in [0.25, 0.3) is 0 Å². The van der Waals surface area contributed by atoms with Crippen LogP contribution in [0.1, 0.15) is 24.0 Å². The molecule has 7 aromatic rings. The van der Waals surface area contributed by atoms with Gasteiger partial charge in [-0.15, -0.1) is 0 Å². The van der Waals surface area contributed by atoms with Crippen LogP contribution in [0, 0.1) is 0 Å². The normalized spacial score (nSPS) is 15.3. The molecule has 1 aliphatic carbocycles. The van der Waals surface area contributed by atoms with Crippen LogP contribution in [0.2, 0.25) is 0 Å². The summed E-state index contributed by atoms with van der Waals surface area (Å²) in [6, 6.07) is 41.6. The van der Waals surface area contributed by atoms with Gasteiger partial charge in [0.15, 0.2) is 0 Å². The molecule has 0 unspecified atom stereocenters. The van der Waals surface area contributed by atoms with Crippen LogP contribution in [0.3, 0.4) is 0 Å². The summed E-state index contributed by atoms with van der Waals surface area (Å²) in [5.74, 6) is 0.772. The summed E-state index contributed by atoms with van der Waals surface area (Å²) in [5.41, 5.74) is 10.5. The van der Waals surface area contributed by atoms with Crippen molar-refractivity contribution in [2.24, 2.45) is 0 Å². The molecule has 0 spiro atoms. The third kappa shape index (κ3) is 5.71. The maximum absolute atomic E-state index is 6.49. The van der Waals surface area contributed by atoms with Gasteiger partial charge in [0.2, 0.25) is 0 Å². The molecule has 240 valence electrons. The topological polar surface area (TPSA) is 26.3 Å². The van der Waals surface area contributed by atoms with Crippen molar-refractivity contribution in [1.82, 2.24) is 0 Å². The summed E-state index contributed by atoms with van der Waals surface area (Å²) in [6.45, 7) is 13.5. The van der Waals surface area contributed by atoms with E-state index < -0.39 is 0 Å². The lowest BCUT2D eigenvalue weighted by atomic mass is 9.89. The Morgan fingerprint density at radius 2 is 1.26 bits per heavy atom. The van der Waals surface area contributed by atoms with Crippen molar-refractivity contribution >= 4 is 55.2 Å². The van der Waals surface area contributed by atoms with Gasteiger partial charge in [0.05, 0.1) is 0 Å². The van der Waals surface area contributed by atoms with Gasteiger partial charge in [-0.2, -0.15) is 0 Å². The Balaban J connectivity index is 1.39. The highest BCUT2D eigenvalue weighted by Gasteiger charge is 2.19. The summed E-state index contributed by atoms with van der Waals surface area (Å²) in [4.78, 5) is 0. The molecule has 0 bridgehead atoms. The predicted octanol–water partition coefficient (Wildman–Crippen LogP) is 11.7. The molecular formula is C48H36O2. The van der Waals surface area contributed by atoms with Gasteiger partial charge in [-0.05, 0) is 98.7 Å². The standard InChI is InChI=1S/C48H36O2/c1-4-34(35-18-8-7-9-19-35)28-32(2)37-21-10-5-6-11-22-38(40-24-14-13-23-39(37)40)33(3)42-30-43-41-25-15-17-27-46(41)50-48(43)31-44(42)47-29-36-20-12-16-26-45(36)49-47/h4,7-31H,1-3,5-6H2/b21-10?,22-11+,34-28+,39-37?,40-38+. The number of fused-ring (bicyclic) bond motifs is 5. The monoisotopic (exact) mass is 644 g/mol. The molecule has 2 nitrogen and oxygen atoms in total. The van der Waals surface area contributed by atoms with Crippen LogP contribution in [-0.2, 0) is 0 Å². The zero-order chi connectivity index (χ0) is 34.0. The Bertz CT molecular complexity index is 2650. The Labute approximate surface area is 292 Å². The second-order valence-corrected chi connectivity index (χ2v) is 12.6. The zero-order valence-electron chi connectivity index (χ0n) is 27.9. The van der Waals surface area contributed by atoms with Crippen LogP contribution in [-0.4, -0.2) is 0 Å². The van der Waals surface area contributed by atoms with Gasteiger partial charge in [-0.3, -0.25) is 0 Å². The lowest BCUT2D eigenvalue weighted by Gasteiger charge is -2.15. The third-order valence-corrected chi connectivity index (χ3v) is 9.44. The van der Waals surface area contributed by atoms with Crippen LogP contribution in [0.25, 0.3) is 66.5 Å². The first-order valence-corrected chi connectivity index (χ1v) is 17.0. The van der Waals surface area contributed by atoms with E-state index in [1.54, 1.807) is 0 Å². The molecule has 2 heteroatoms. The molecule has 0 amide bonds. The number of para-hydroxylation sites is 2. The van der Waals surface area contributed by atoms with E-state index in [1.807, 2.05) is 54.6 Å². The van der Waals surface area contributed by atoms with Crippen LogP contribution < -0.4 is 10.4 Å². The van der Waals surface area contributed by atoms with Gasteiger partial charge in [-0.1, -0.05) is 141 Å². The molecule has 2 heterocycles. The van der Waals surface area contributed by atoms with Crippen LogP contribution in [0.5, 0.6) is 0 Å². The van der Waals surface area contributed by atoms with Crippen molar-refractivity contribution in [3.8, 4) is 11.3 Å². The van der Waals surface area contributed by atoms with E-state index in [0.29, 0.717) is 0 Å². The molecule has 8 rings (SSSR count). The number of hydrogen-bond donors (Lipinski definition) is 0. The van der Waals surface area contributed by atoms with Crippen LogP contribution >= 0.6 is 0 Å². The Morgan fingerprint density at radius 1 is 0.600 bits per heavy atom. The highest BCUT2D eigenvalue weighted by atomic mass is 16.3. The molecule has 0 atom stereocenters. The van der Waals surface area contributed by atoms with Crippen molar-refractivity contribution in [2.45, 2.75) is 12.8 Å². The van der Waals surface area contributed by atoms with Crippen molar-refractivity contribution in [1.29, 1.82) is 0 Å². The second kappa shape index (κ2) is 13.3. The largest absolute Gasteiger partial charge is 0.456 e. The highest BCUT2D eigenvalue weighted by Crippen LogP contribution is 2.41. The van der Waals surface area contributed by atoms with E-state index in [-0.39, 0.29) is 0 Å². The fourth-order valence-electron chi connectivity index (χ4n) is 6.91. The number of benzene rings is 5. The molecule has 50 heavy (non-hydrogen) atoms. The van der Waals surface area contributed by atoms with Crippen molar-refractivity contribution in [3.63, 3.8) is 0 Å². The SMILES string of the molecule is C=C/C(=C\C(=C)C1=c2cccc/c2=C(C(=C)c2cc3c(cc2-c2cc4ccccc4o2)oc2ccccc23)/C=C/CCC=C1)c1ccccc1. The molecule has 0 saturated heterocycles. The van der Waals surface area contributed by atoms with Crippen LogP contribution in [0.15, 0.2) is 192 Å². The van der Waals surface area contributed by atoms with Gasteiger partial charge in [0.1, 0.15) is 22.5 Å². The lowest BCUT2D eigenvalue weighted by Crippen LogP contribution is -2.29. The van der Waals surface area contributed by atoms with E-state index in [2.05, 4.69) is 116 Å². The molecular weight excluding hydrogens is 609 g/mol. The minimum absolute atomic E-state index is 0.772. The Kier molecular flexibility index (Phi) is 8.20. The number of hydrogen-bond acceptors (Lipinski definition) is 2. The van der Waals surface area contributed by atoms with Gasteiger partial charge in [0, 0.05) is 21.7 Å². The number of rotatable bonds is 7. The average Bonchev–Trinajstić information content (AvgIpc) is 3.76. The number of allylic oxidation sites excluding steroid dienone is 9. The Hall–Kier alpha value is -6.38. The second-order valence-electron chi connectivity index (χ2n) is 12.6. The smallest absolute Gasteiger partial charge is 0.136 e. The van der Waals surface area contributed by atoms with Crippen molar-refractivity contribution in [3.05, 3.63) is 205 Å². The summed E-state index contributed by atoms with van der Waals surface area (Å²) < 4.78 is 12.9. The molecule has 0 N–H and O–H groups in total.